The third-order valence-electron chi connectivity index (χ3n) is 3.29. The van der Waals surface area contributed by atoms with E-state index < -0.39 is 0 Å². The molecule has 112 valence electrons. The van der Waals surface area contributed by atoms with Crippen LogP contribution in [0.3, 0.4) is 0 Å². The van der Waals surface area contributed by atoms with Crippen molar-refractivity contribution in [3.63, 3.8) is 0 Å². The highest BCUT2D eigenvalue weighted by Gasteiger charge is 2.19. The topological polar surface area (TPSA) is 49.6 Å². The van der Waals surface area contributed by atoms with Crippen LogP contribution < -0.4 is 0 Å². The number of hydrogen-bond donors (Lipinski definition) is 0. The number of nitro benzene ring substituents is 1. The first kappa shape index (κ1) is 17.1. The van der Waals surface area contributed by atoms with Crippen molar-refractivity contribution in [2.24, 2.45) is 0 Å². The van der Waals surface area contributed by atoms with E-state index in [0.717, 1.165) is 18.7 Å². The normalized spacial score (nSPS) is 12.9. The first-order chi connectivity index (χ1) is 9.36. The van der Waals surface area contributed by atoms with Crippen LogP contribution in [0.25, 0.3) is 0 Å². The molecule has 1 rings (SSSR count). The van der Waals surface area contributed by atoms with Crippen molar-refractivity contribution < 1.29 is 4.92 Å². The van der Waals surface area contributed by atoms with Gasteiger partial charge in [-0.05, 0) is 49.1 Å². The molecule has 1 aromatic carbocycles. The summed E-state index contributed by atoms with van der Waals surface area (Å²) in [6.45, 7) is 6.85. The highest BCUT2D eigenvalue weighted by molar-refractivity contribution is 9.10. The number of nitro groups is 1. The number of benzene rings is 1. The fraction of sp³-hybridized carbons (Fsp3) is 0.571. The summed E-state index contributed by atoms with van der Waals surface area (Å²) in [5.41, 5.74) is 1.07. The molecule has 0 saturated heterocycles. The summed E-state index contributed by atoms with van der Waals surface area (Å²) in [5, 5.41) is 11.0. The van der Waals surface area contributed by atoms with Crippen LogP contribution in [0.2, 0.25) is 0 Å². The van der Waals surface area contributed by atoms with E-state index in [4.69, 9.17) is 0 Å². The molecule has 1 aromatic rings. The third-order valence-corrected chi connectivity index (χ3v) is 4.20. The van der Waals surface area contributed by atoms with Crippen molar-refractivity contribution in [3.8, 4) is 0 Å². The average molecular weight is 344 g/mol. The maximum absolute atomic E-state index is 11.0. The fourth-order valence-electron chi connectivity index (χ4n) is 2.27. The predicted octanol–water partition coefficient (Wildman–Crippen LogP) is 3.13. The van der Waals surface area contributed by atoms with Gasteiger partial charge >= 0.3 is 0 Å². The Morgan fingerprint density at radius 1 is 1.40 bits per heavy atom. The lowest BCUT2D eigenvalue weighted by Crippen LogP contribution is -2.39. The monoisotopic (exact) mass is 343 g/mol. The fourth-order valence-corrected chi connectivity index (χ4v) is 2.81. The highest BCUT2D eigenvalue weighted by atomic mass is 79.9. The quantitative estimate of drug-likeness (QED) is 0.563. The van der Waals surface area contributed by atoms with Gasteiger partial charge in [0.15, 0.2) is 0 Å². The van der Waals surface area contributed by atoms with Crippen molar-refractivity contribution in [1.82, 2.24) is 9.80 Å². The molecular formula is C14H22BrN3O2. The molecule has 0 saturated carbocycles. The van der Waals surface area contributed by atoms with E-state index in [0.29, 0.717) is 17.1 Å². The minimum Gasteiger partial charge on any atom is -0.308 e. The molecule has 0 amide bonds. The van der Waals surface area contributed by atoms with Gasteiger partial charge in [-0.2, -0.15) is 0 Å². The summed E-state index contributed by atoms with van der Waals surface area (Å²) in [6.07, 6.45) is 0. The molecule has 1 atom stereocenters. The molecule has 0 aliphatic heterocycles. The van der Waals surface area contributed by atoms with Gasteiger partial charge < -0.3 is 4.90 Å². The van der Waals surface area contributed by atoms with Gasteiger partial charge in [0, 0.05) is 25.2 Å². The van der Waals surface area contributed by atoms with Crippen LogP contribution in [0, 0.1) is 10.1 Å². The zero-order valence-corrected chi connectivity index (χ0v) is 14.1. The summed E-state index contributed by atoms with van der Waals surface area (Å²) in [7, 11) is 4.10. The minimum atomic E-state index is -0.354. The Hall–Kier alpha value is -0.980. The molecule has 0 aliphatic rings. The smallest absolute Gasteiger partial charge is 0.283 e. The molecule has 6 heteroatoms. The summed E-state index contributed by atoms with van der Waals surface area (Å²) < 4.78 is 0.584. The Morgan fingerprint density at radius 2 is 2.05 bits per heavy atom. The Bertz CT molecular complexity index is 466. The lowest BCUT2D eigenvalue weighted by Gasteiger charge is -2.30. The van der Waals surface area contributed by atoms with Crippen molar-refractivity contribution in [2.45, 2.75) is 26.4 Å². The molecule has 0 fully saturated rings. The van der Waals surface area contributed by atoms with Gasteiger partial charge in [-0.25, -0.2) is 0 Å². The van der Waals surface area contributed by atoms with Crippen molar-refractivity contribution in [2.75, 3.05) is 27.2 Å². The second-order valence-corrected chi connectivity index (χ2v) is 5.97. The molecule has 0 aliphatic carbocycles. The average Bonchev–Trinajstić information content (AvgIpc) is 2.36. The van der Waals surface area contributed by atoms with E-state index in [1.165, 1.54) is 6.07 Å². The van der Waals surface area contributed by atoms with Crippen LogP contribution in [0.5, 0.6) is 0 Å². The standard InChI is InChI=1S/C14H22BrN3O2/c1-5-17(11(2)9-16(3)4)10-12-7-6-8-13(14(12)15)18(19)20/h6-8,11H,5,9-10H2,1-4H3. The molecule has 0 heterocycles. The Balaban J connectivity index is 2.90. The molecule has 0 spiro atoms. The van der Waals surface area contributed by atoms with Gasteiger partial charge in [0.05, 0.1) is 9.40 Å². The largest absolute Gasteiger partial charge is 0.308 e. The van der Waals surface area contributed by atoms with Gasteiger partial charge in [0.1, 0.15) is 0 Å². The molecule has 1 unspecified atom stereocenters. The van der Waals surface area contributed by atoms with Gasteiger partial charge in [0.2, 0.25) is 0 Å². The summed E-state index contributed by atoms with van der Waals surface area (Å²) >= 11 is 3.36. The minimum absolute atomic E-state index is 0.124. The SMILES string of the molecule is CCN(Cc1cccc([N+](=O)[O-])c1Br)C(C)CN(C)C. The van der Waals surface area contributed by atoms with Crippen LogP contribution in [-0.2, 0) is 6.54 Å². The van der Waals surface area contributed by atoms with E-state index in [1.54, 1.807) is 6.07 Å². The number of likely N-dealkylation sites (N-methyl/N-ethyl adjacent to an activating group) is 2. The first-order valence-corrected chi connectivity index (χ1v) is 7.46. The van der Waals surface area contributed by atoms with E-state index in [2.05, 4.69) is 39.6 Å². The van der Waals surface area contributed by atoms with Gasteiger partial charge in [-0.15, -0.1) is 0 Å². The molecular weight excluding hydrogens is 322 g/mol. The third kappa shape index (κ3) is 4.54. The molecule has 0 radical (unpaired) electrons. The van der Waals surface area contributed by atoms with E-state index in [1.807, 2.05) is 20.2 Å². The molecule has 0 N–H and O–H groups in total. The van der Waals surface area contributed by atoms with Crippen molar-refractivity contribution in [1.29, 1.82) is 0 Å². The van der Waals surface area contributed by atoms with E-state index in [-0.39, 0.29) is 10.6 Å². The molecule has 0 bridgehead atoms. The second-order valence-electron chi connectivity index (χ2n) is 5.18. The molecule has 5 nitrogen and oxygen atoms in total. The Kier molecular flexibility index (Phi) is 6.58. The zero-order chi connectivity index (χ0) is 15.3. The maximum Gasteiger partial charge on any atom is 0.283 e. The molecule has 0 aromatic heterocycles. The number of hydrogen-bond acceptors (Lipinski definition) is 4. The lowest BCUT2D eigenvalue weighted by molar-refractivity contribution is -0.385. The van der Waals surface area contributed by atoms with Crippen LogP contribution in [0.4, 0.5) is 5.69 Å². The highest BCUT2D eigenvalue weighted by Crippen LogP contribution is 2.29. The number of rotatable bonds is 7. The van der Waals surface area contributed by atoms with Gasteiger partial charge in [-0.1, -0.05) is 19.1 Å². The zero-order valence-electron chi connectivity index (χ0n) is 12.5. The summed E-state index contributed by atoms with van der Waals surface area (Å²) in [4.78, 5) is 15.1. The van der Waals surface area contributed by atoms with E-state index >= 15 is 0 Å². The first-order valence-electron chi connectivity index (χ1n) is 6.67. The van der Waals surface area contributed by atoms with Crippen LogP contribution in [0.1, 0.15) is 19.4 Å². The van der Waals surface area contributed by atoms with Gasteiger partial charge in [0.25, 0.3) is 5.69 Å². The van der Waals surface area contributed by atoms with E-state index in [9.17, 15) is 10.1 Å². The van der Waals surface area contributed by atoms with Gasteiger partial charge in [-0.3, -0.25) is 15.0 Å². The summed E-state index contributed by atoms with van der Waals surface area (Å²) in [5.74, 6) is 0. The van der Waals surface area contributed by atoms with Crippen LogP contribution in [-0.4, -0.2) is 47.9 Å². The van der Waals surface area contributed by atoms with Crippen LogP contribution in [0.15, 0.2) is 22.7 Å². The van der Waals surface area contributed by atoms with Crippen LogP contribution >= 0.6 is 15.9 Å². The maximum atomic E-state index is 11.0. The van der Waals surface area contributed by atoms with Crippen molar-refractivity contribution >= 4 is 21.6 Å². The lowest BCUT2D eigenvalue weighted by atomic mass is 10.1. The van der Waals surface area contributed by atoms with Crippen molar-refractivity contribution in [3.05, 3.63) is 38.3 Å². The Labute approximate surface area is 128 Å². The molecule has 20 heavy (non-hydrogen) atoms. The summed E-state index contributed by atoms with van der Waals surface area (Å²) in [6, 6.07) is 5.58. The number of nitrogens with zero attached hydrogens (tertiary/aromatic N) is 3. The predicted molar refractivity (Wildman–Crippen MR) is 84.9 cm³/mol. The second kappa shape index (κ2) is 7.71. The Morgan fingerprint density at radius 3 is 2.55 bits per heavy atom. The number of halogens is 1.